The fraction of sp³-hybridized carbons (Fsp3) is 0.308. The molecule has 0 spiro atoms. The molecule has 1 aromatic heterocycles. The number of benzene rings is 2. The zero-order valence-electron chi connectivity index (χ0n) is 20.4. The highest BCUT2D eigenvalue weighted by Crippen LogP contribution is 2.29. The molecule has 1 heterocycles. The van der Waals surface area contributed by atoms with E-state index in [4.69, 9.17) is 10.5 Å². The van der Waals surface area contributed by atoms with E-state index in [0.29, 0.717) is 17.1 Å². The largest absolute Gasteiger partial charge is 0.508 e. The van der Waals surface area contributed by atoms with Gasteiger partial charge in [-0.3, -0.25) is 9.79 Å². The van der Waals surface area contributed by atoms with Crippen LogP contribution in [0.4, 0.5) is 11.5 Å². The number of aliphatic imine (C=N–C) groups is 1. The molecule has 0 bridgehead atoms. The molecule has 0 aliphatic heterocycles. The lowest BCUT2D eigenvalue weighted by Crippen LogP contribution is -2.27. The third-order valence-corrected chi connectivity index (χ3v) is 5.21. The monoisotopic (exact) mass is 476 g/mol. The highest BCUT2D eigenvalue weighted by molar-refractivity contribution is 6.09. The van der Waals surface area contributed by atoms with Crippen molar-refractivity contribution in [3.05, 3.63) is 59.9 Å². The van der Waals surface area contributed by atoms with Crippen LogP contribution < -0.4 is 20.7 Å². The van der Waals surface area contributed by atoms with Gasteiger partial charge in [-0.25, -0.2) is 0 Å². The van der Waals surface area contributed by atoms with E-state index in [1.807, 2.05) is 24.3 Å². The Kier molecular flexibility index (Phi) is 9.00. The summed E-state index contributed by atoms with van der Waals surface area (Å²) in [6, 6.07) is 12.4. The summed E-state index contributed by atoms with van der Waals surface area (Å²) in [5.41, 5.74) is 6.92. The van der Waals surface area contributed by atoms with Crippen LogP contribution >= 0.6 is 0 Å². The molecule has 0 fully saturated rings. The molecule has 0 saturated heterocycles. The van der Waals surface area contributed by atoms with E-state index in [1.54, 1.807) is 25.4 Å². The number of phenolic OH excluding ortho intramolecular Hbond substituents is 1. The molecule has 3 aromatic rings. The number of fused-ring (bicyclic) bond motifs is 1. The van der Waals surface area contributed by atoms with E-state index in [-0.39, 0.29) is 24.1 Å². The normalized spacial score (nSPS) is 11.7. The van der Waals surface area contributed by atoms with Crippen LogP contribution in [0.2, 0.25) is 0 Å². The summed E-state index contributed by atoms with van der Waals surface area (Å²) in [7, 11) is 1.64. The number of amides is 1. The first-order valence-corrected chi connectivity index (χ1v) is 11.6. The molecule has 9 heteroatoms. The predicted molar refractivity (Wildman–Crippen MR) is 141 cm³/mol. The minimum Gasteiger partial charge on any atom is -0.508 e. The Labute approximate surface area is 205 Å². The van der Waals surface area contributed by atoms with Crippen molar-refractivity contribution in [2.24, 2.45) is 10.7 Å². The summed E-state index contributed by atoms with van der Waals surface area (Å²) < 4.78 is 5.78. The molecule has 9 nitrogen and oxygen atoms in total. The van der Waals surface area contributed by atoms with Crippen LogP contribution in [0.1, 0.15) is 37.2 Å². The van der Waals surface area contributed by atoms with Crippen molar-refractivity contribution in [1.29, 1.82) is 0 Å². The van der Waals surface area contributed by atoms with Gasteiger partial charge < -0.3 is 25.8 Å². The second-order valence-electron chi connectivity index (χ2n) is 7.97. The van der Waals surface area contributed by atoms with Gasteiger partial charge in [0.05, 0.1) is 5.69 Å². The molecule has 4 N–H and O–H groups in total. The first kappa shape index (κ1) is 25.5. The van der Waals surface area contributed by atoms with Gasteiger partial charge in [0.1, 0.15) is 23.9 Å². The molecule has 1 amide bonds. The molecule has 0 unspecified atom stereocenters. The molecule has 0 saturated carbocycles. The highest BCUT2D eigenvalue weighted by atomic mass is 16.5. The van der Waals surface area contributed by atoms with Crippen LogP contribution in [0, 0.1) is 0 Å². The van der Waals surface area contributed by atoms with Gasteiger partial charge in [-0.1, -0.05) is 38.1 Å². The van der Waals surface area contributed by atoms with Crippen LogP contribution in [0.5, 0.6) is 11.8 Å². The zero-order valence-corrected chi connectivity index (χ0v) is 20.4. The maximum absolute atomic E-state index is 13.3. The molecule has 0 radical (unpaired) electrons. The lowest BCUT2D eigenvalue weighted by molar-refractivity contribution is 0.102. The summed E-state index contributed by atoms with van der Waals surface area (Å²) in [4.78, 5) is 28.3. The number of hydrogen-bond donors (Lipinski definition) is 3. The SMILES string of the molecule is CCCN(CCC)c1cc(C(=O)Nc2cc(O)cc3ccccc23)nc(OC/C(C=NC)=C/N)n1. The van der Waals surface area contributed by atoms with Crippen LogP contribution in [0.25, 0.3) is 10.8 Å². The molecule has 0 atom stereocenters. The van der Waals surface area contributed by atoms with Crippen LogP contribution in [0.3, 0.4) is 0 Å². The second kappa shape index (κ2) is 12.4. The first-order chi connectivity index (χ1) is 17.0. The van der Waals surface area contributed by atoms with Crippen molar-refractivity contribution in [2.45, 2.75) is 26.7 Å². The number of nitrogens with two attached hydrogens (primary N) is 1. The minimum absolute atomic E-state index is 0.0576. The van der Waals surface area contributed by atoms with Gasteiger partial charge in [-0.2, -0.15) is 9.97 Å². The first-order valence-electron chi connectivity index (χ1n) is 11.6. The fourth-order valence-corrected chi connectivity index (χ4v) is 3.66. The lowest BCUT2D eigenvalue weighted by Gasteiger charge is -2.23. The number of nitrogens with one attached hydrogen (secondary N) is 1. The number of ether oxygens (including phenoxy) is 1. The lowest BCUT2D eigenvalue weighted by atomic mass is 10.1. The van der Waals surface area contributed by atoms with Gasteiger partial charge in [0.15, 0.2) is 0 Å². The van der Waals surface area contributed by atoms with E-state index in [1.165, 1.54) is 12.3 Å². The molecular formula is C26H32N6O3. The van der Waals surface area contributed by atoms with E-state index in [2.05, 4.69) is 39.0 Å². The number of phenols is 1. The van der Waals surface area contributed by atoms with E-state index in [9.17, 15) is 9.90 Å². The Hall–Kier alpha value is -4.14. The van der Waals surface area contributed by atoms with Gasteiger partial charge in [0.2, 0.25) is 0 Å². The second-order valence-corrected chi connectivity index (χ2v) is 7.97. The van der Waals surface area contributed by atoms with Crippen molar-refractivity contribution < 1.29 is 14.6 Å². The third-order valence-electron chi connectivity index (χ3n) is 5.21. The van der Waals surface area contributed by atoms with Crippen molar-refractivity contribution in [3.8, 4) is 11.8 Å². The molecular weight excluding hydrogens is 444 g/mol. The summed E-state index contributed by atoms with van der Waals surface area (Å²) in [5, 5.41) is 14.6. The molecule has 0 aliphatic carbocycles. The van der Waals surface area contributed by atoms with Gasteiger partial charge in [-0.05, 0) is 24.3 Å². The van der Waals surface area contributed by atoms with Gasteiger partial charge in [-0.15, -0.1) is 0 Å². The summed E-state index contributed by atoms with van der Waals surface area (Å²) >= 11 is 0. The Bertz CT molecular complexity index is 1220. The van der Waals surface area contributed by atoms with Crippen molar-refractivity contribution >= 4 is 34.4 Å². The highest BCUT2D eigenvalue weighted by Gasteiger charge is 2.18. The maximum Gasteiger partial charge on any atom is 0.319 e. The minimum atomic E-state index is -0.438. The Morgan fingerprint density at radius 1 is 1.17 bits per heavy atom. The fourth-order valence-electron chi connectivity index (χ4n) is 3.66. The number of carbonyl (C=O) groups excluding carboxylic acids is 1. The molecule has 184 valence electrons. The number of aromatic hydroxyl groups is 1. The quantitative estimate of drug-likeness (QED) is 0.355. The Balaban J connectivity index is 1.97. The zero-order chi connectivity index (χ0) is 25.2. The number of rotatable bonds is 11. The van der Waals surface area contributed by atoms with Crippen molar-refractivity contribution in [2.75, 3.05) is 37.0 Å². The summed E-state index contributed by atoms with van der Waals surface area (Å²) in [5.74, 6) is 0.223. The van der Waals surface area contributed by atoms with Crippen molar-refractivity contribution in [3.63, 3.8) is 0 Å². The van der Waals surface area contributed by atoms with Gasteiger partial charge in [0.25, 0.3) is 5.91 Å². The average Bonchev–Trinajstić information content (AvgIpc) is 2.86. The van der Waals surface area contributed by atoms with Gasteiger partial charge >= 0.3 is 6.01 Å². The van der Waals surface area contributed by atoms with Crippen molar-refractivity contribution in [1.82, 2.24) is 9.97 Å². The Morgan fingerprint density at radius 3 is 2.60 bits per heavy atom. The third kappa shape index (κ3) is 6.69. The smallest absolute Gasteiger partial charge is 0.319 e. The maximum atomic E-state index is 13.3. The topological polar surface area (TPSA) is 126 Å². The van der Waals surface area contributed by atoms with Crippen LogP contribution in [-0.2, 0) is 0 Å². The number of carbonyl (C=O) groups is 1. The number of anilines is 2. The average molecular weight is 477 g/mol. The number of aromatic nitrogens is 2. The van der Waals surface area contributed by atoms with Gasteiger partial charge in [0, 0.05) is 55.6 Å². The Morgan fingerprint density at radius 2 is 1.91 bits per heavy atom. The summed E-state index contributed by atoms with van der Waals surface area (Å²) in [6.45, 7) is 5.84. The van der Waals surface area contributed by atoms with E-state index >= 15 is 0 Å². The summed E-state index contributed by atoms with van der Waals surface area (Å²) in [6.07, 6.45) is 4.83. The molecule has 2 aromatic carbocycles. The van der Waals surface area contributed by atoms with E-state index in [0.717, 1.165) is 36.7 Å². The predicted octanol–water partition coefficient (Wildman–Crippen LogP) is 4.14. The van der Waals surface area contributed by atoms with Crippen LogP contribution in [0.15, 0.2) is 59.2 Å². The number of nitrogens with zero attached hydrogens (tertiary/aromatic N) is 4. The van der Waals surface area contributed by atoms with Crippen LogP contribution in [-0.4, -0.2) is 53.9 Å². The van der Waals surface area contributed by atoms with E-state index < -0.39 is 5.91 Å². The number of hydrogen-bond acceptors (Lipinski definition) is 8. The standard InChI is InChI=1S/C26H32N6O3/c1-4-10-32(11-5-2)24-14-23(30-26(31-24)35-17-18(15-27)16-28-3)25(34)29-22-13-20(33)12-19-8-6-7-9-21(19)22/h6-9,12-16,33H,4-5,10-11,17,27H2,1-3H3,(H,29,34)/b18-15+,28-16?. The molecule has 0 aliphatic rings. The molecule has 3 rings (SSSR count). The molecule has 35 heavy (non-hydrogen) atoms.